The van der Waals surface area contributed by atoms with E-state index in [9.17, 15) is 4.79 Å². The van der Waals surface area contributed by atoms with E-state index in [1.807, 2.05) is 12.1 Å². The van der Waals surface area contributed by atoms with Gasteiger partial charge in [0.05, 0.1) is 11.7 Å². The quantitative estimate of drug-likeness (QED) is 0.654. The van der Waals surface area contributed by atoms with Crippen LogP contribution < -0.4 is 5.32 Å². The molecule has 19 heavy (non-hydrogen) atoms. The Morgan fingerprint density at radius 1 is 1.32 bits per heavy atom. The first-order valence-electron chi connectivity index (χ1n) is 5.90. The van der Waals surface area contributed by atoms with Gasteiger partial charge < -0.3 is 10.3 Å². The topological polar surface area (TPSA) is 99.3 Å². The van der Waals surface area contributed by atoms with Crippen molar-refractivity contribution in [2.45, 2.75) is 12.8 Å². The van der Waals surface area contributed by atoms with E-state index in [1.54, 1.807) is 18.5 Å². The van der Waals surface area contributed by atoms with Crippen LogP contribution in [-0.2, 0) is 11.2 Å². The number of aryl methyl sites for hydroxylation is 1. The molecule has 7 heteroatoms. The van der Waals surface area contributed by atoms with Gasteiger partial charge in [-0.25, -0.2) is 9.97 Å². The average Bonchev–Trinajstić information content (AvgIpc) is 3.04. The Hall–Kier alpha value is -2.70. The summed E-state index contributed by atoms with van der Waals surface area (Å²) in [5.41, 5.74) is 1.55. The zero-order valence-electron chi connectivity index (χ0n) is 10.1. The van der Waals surface area contributed by atoms with Gasteiger partial charge in [-0.2, -0.15) is 5.10 Å². The molecule has 3 aromatic rings. The molecule has 3 heterocycles. The molecule has 0 fully saturated rings. The third-order valence-corrected chi connectivity index (χ3v) is 2.67. The third-order valence-electron chi connectivity index (χ3n) is 2.67. The SMILES string of the molecule is O=C(CCc1nc2ncccc2[nH]1)Nc1ccn[nH]1. The Kier molecular flexibility index (Phi) is 2.93. The zero-order chi connectivity index (χ0) is 13.1. The molecular weight excluding hydrogens is 244 g/mol. The van der Waals surface area contributed by atoms with Crippen LogP contribution in [-0.4, -0.2) is 31.1 Å². The molecule has 0 aliphatic heterocycles. The van der Waals surface area contributed by atoms with Gasteiger partial charge in [-0.1, -0.05) is 0 Å². The normalized spacial score (nSPS) is 10.7. The summed E-state index contributed by atoms with van der Waals surface area (Å²) in [6.45, 7) is 0. The molecule has 0 atom stereocenters. The molecule has 0 radical (unpaired) electrons. The standard InChI is InChI=1S/C12H12N6O/c19-11(16-10-5-7-14-18-10)4-3-9-15-8-2-1-6-13-12(8)17-9/h1-2,5-7H,3-4H2,(H,13,15,17)(H2,14,16,18,19). The summed E-state index contributed by atoms with van der Waals surface area (Å²) in [6, 6.07) is 5.45. The van der Waals surface area contributed by atoms with Crippen LogP contribution in [0.3, 0.4) is 0 Å². The maximum absolute atomic E-state index is 11.7. The average molecular weight is 256 g/mol. The van der Waals surface area contributed by atoms with Crippen LogP contribution in [0.15, 0.2) is 30.6 Å². The lowest BCUT2D eigenvalue weighted by Gasteiger charge is -2.00. The van der Waals surface area contributed by atoms with Gasteiger partial charge in [-0.15, -0.1) is 0 Å². The van der Waals surface area contributed by atoms with Crippen molar-refractivity contribution in [3.05, 3.63) is 36.4 Å². The number of H-pyrrole nitrogens is 2. The van der Waals surface area contributed by atoms with Gasteiger partial charge in [0.25, 0.3) is 0 Å². The Balaban J connectivity index is 1.61. The fourth-order valence-electron chi connectivity index (χ4n) is 1.78. The number of imidazole rings is 1. The van der Waals surface area contributed by atoms with Crippen LogP contribution in [0.1, 0.15) is 12.2 Å². The molecule has 0 aliphatic rings. The second kappa shape index (κ2) is 4.89. The molecule has 96 valence electrons. The van der Waals surface area contributed by atoms with Gasteiger partial charge in [-0.05, 0) is 12.1 Å². The van der Waals surface area contributed by atoms with Crippen LogP contribution in [0.2, 0.25) is 0 Å². The molecule has 0 spiro atoms. The van der Waals surface area contributed by atoms with Crippen LogP contribution in [0, 0.1) is 0 Å². The summed E-state index contributed by atoms with van der Waals surface area (Å²) < 4.78 is 0. The van der Waals surface area contributed by atoms with Gasteiger partial charge in [0.2, 0.25) is 5.91 Å². The molecule has 0 aromatic carbocycles. The summed E-state index contributed by atoms with van der Waals surface area (Å²) in [6.07, 6.45) is 4.16. The fraction of sp³-hybridized carbons (Fsp3) is 0.167. The predicted molar refractivity (Wildman–Crippen MR) is 69.4 cm³/mol. The molecule has 0 saturated carbocycles. The van der Waals surface area contributed by atoms with E-state index in [1.165, 1.54) is 0 Å². The first-order chi connectivity index (χ1) is 9.31. The Morgan fingerprint density at radius 2 is 2.26 bits per heavy atom. The number of pyridine rings is 1. The minimum atomic E-state index is -0.0855. The zero-order valence-corrected chi connectivity index (χ0v) is 10.1. The maximum atomic E-state index is 11.7. The van der Waals surface area contributed by atoms with Crippen LogP contribution in [0.5, 0.6) is 0 Å². The van der Waals surface area contributed by atoms with Crippen molar-refractivity contribution < 1.29 is 4.79 Å². The largest absolute Gasteiger partial charge is 0.341 e. The number of amides is 1. The number of aromatic nitrogens is 5. The van der Waals surface area contributed by atoms with Crippen molar-refractivity contribution in [2.75, 3.05) is 5.32 Å². The highest BCUT2D eigenvalue weighted by atomic mass is 16.1. The Labute approximate surface area is 108 Å². The summed E-state index contributed by atoms with van der Waals surface area (Å²) in [5, 5.41) is 9.14. The predicted octanol–water partition coefficient (Wildman–Crippen LogP) is 1.25. The molecule has 3 N–H and O–H groups in total. The molecule has 1 amide bonds. The monoisotopic (exact) mass is 256 g/mol. The van der Waals surface area contributed by atoms with Gasteiger partial charge in [0.1, 0.15) is 11.6 Å². The number of fused-ring (bicyclic) bond motifs is 1. The highest BCUT2D eigenvalue weighted by Gasteiger charge is 2.07. The molecule has 7 nitrogen and oxygen atoms in total. The van der Waals surface area contributed by atoms with E-state index in [-0.39, 0.29) is 5.91 Å². The van der Waals surface area contributed by atoms with Crippen LogP contribution >= 0.6 is 0 Å². The number of aromatic amines is 2. The first kappa shape index (κ1) is 11.4. The number of anilines is 1. The lowest BCUT2D eigenvalue weighted by Crippen LogP contribution is -2.12. The molecule has 0 unspecified atom stereocenters. The van der Waals surface area contributed by atoms with Crippen molar-refractivity contribution in [1.82, 2.24) is 25.1 Å². The minimum Gasteiger partial charge on any atom is -0.341 e. The summed E-state index contributed by atoms with van der Waals surface area (Å²) >= 11 is 0. The highest BCUT2D eigenvalue weighted by molar-refractivity contribution is 5.89. The maximum Gasteiger partial charge on any atom is 0.225 e. The smallest absolute Gasteiger partial charge is 0.225 e. The summed E-state index contributed by atoms with van der Waals surface area (Å²) in [5.74, 6) is 1.27. The minimum absolute atomic E-state index is 0.0855. The van der Waals surface area contributed by atoms with Crippen molar-refractivity contribution >= 4 is 22.9 Å². The van der Waals surface area contributed by atoms with Crippen molar-refractivity contribution in [1.29, 1.82) is 0 Å². The van der Waals surface area contributed by atoms with Crippen molar-refractivity contribution in [2.24, 2.45) is 0 Å². The lowest BCUT2D eigenvalue weighted by atomic mass is 10.3. The summed E-state index contributed by atoms with van der Waals surface area (Å²) in [4.78, 5) is 23.3. The van der Waals surface area contributed by atoms with E-state index in [2.05, 4.69) is 30.5 Å². The van der Waals surface area contributed by atoms with Gasteiger partial charge >= 0.3 is 0 Å². The Morgan fingerprint density at radius 3 is 3.05 bits per heavy atom. The van der Waals surface area contributed by atoms with E-state index in [0.717, 1.165) is 11.3 Å². The van der Waals surface area contributed by atoms with Crippen molar-refractivity contribution in [3.63, 3.8) is 0 Å². The third kappa shape index (κ3) is 2.59. The Bertz CT molecular complexity index is 654. The van der Waals surface area contributed by atoms with Crippen LogP contribution in [0.4, 0.5) is 5.82 Å². The molecule has 3 aromatic heterocycles. The van der Waals surface area contributed by atoms with Gasteiger partial charge in [0, 0.05) is 25.1 Å². The number of nitrogens with zero attached hydrogens (tertiary/aromatic N) is 3. The van der Waals surface area contributed by atoms with E-state index in [4.69, 9.17) is 0 Å². The lowest BCUT2D eigenvalue weighted by molar-refractivity contribution is -0.116. The number of rotatable bonds is 4. The number of nitrogens with one attached hydrogen (secondary N) is 3. The number of carbonyl (C=O) groups is 1. The molecule has 0 bridgehead atoms. The van der Waals surface area contributed by atoms with E-state index in [0.29, 0.717) is 24.3 Å². The van der Waals surface area contributed by atoms with E-state index >= 15 is 0 Å². The van der Waals surface area contributed by atoms with Gasteiger partial charge in [-0.3, -0.25) is 9.89 Å². The fourth-order valence-corrected chi connectivity index (χ4v) is 1.78. The second-order valence-corrected chi connectivity index (χ2v) is 4.08. The highest BCUT2D eigenvalue weighted by Crippen LogP contribution is 2.09. The number of carbonyl (C=O) groups excluding carboxylic acids is 1. The van der Waals surface area contributed by atoms with Crippen LogP contribution in [0.25, 0.3) is 11.2 Å². The first-order valence-corrected chi connectivity index (χ1v) is 5.90. The molecule has 0 aliphatic carbocycles. The molecular formula is C12H12N6O. The second-order valence-electron chi connectivity index (χ2n) is 4.08. The van der Waals surface area contributed by atoms with Gasteiger partial charge in [0.15, 0.2) is 5.65 Å². The van der Waals surface area contributed by atoms with E-state index < -0.39 is 0 Å². The number of hydrogen-bond donors (Lipinski definition) is 3. The molecule has 0 saturated heterocycles. The summed E-state index contributed by atoms with van der Waals surface area (Å²) in [7, 11) is 0. The molecule has 3 rings (SSSR count). The number of hydrogen-bond acceptors (Lipinski definition) is 4. The van der Waals surface area contributed by atoms with Crippen molar-refractivity contribution in [3.8, 4) is 0 Å².